The Labute approximate surface area is 282 Å². The summed E-state index contributed by atoms with van der Waals surface area (Å²) in [6.45, 7) is 12.0. The molecule has 0 amide bonds. The summed E-state index contributed by atoms with van der Waals surface area (Å²) in [6, 6.07) is 0. The summed E-state index contributed by atoms with van der Waals surface area (Å²) in [7, 11) is -3.68. The third-order valence-corrected chi connectivity index (χ3v) is 9.91. The quantitative estimate of drug-likeness (QED) is 0.206. The predicted octanol–water partition coefficient (Wildman–Crippen LogP) is 4.82. The van der Waals surface area contributed by atoms with Gasteiger partial charge in [0.25, 0.3) is 16.9 Å². The van der Waals surface area contributed by atoms with E-state index in [-0.39, 0.29) is 42.2 Å². The number of rotatable bonds is 10. The summed E-state index contributed by atoms with van der Waals surface area (Å²) in [5, 5.41) is 8.61. The van der Waals surface area contributed by atoms with Crippen LogP contribution in [0, 0.1) is 11.8 Å². The SMILES string of the molecule is CCOc1nc(S(C)(=O)=O)nn2c([C@@H]3O[C@H](CC)[C@@H](C)[C@H]3F)cnc12.CCOc1nc(SC)nn2c([C@@H]3O[C@H](CC)[C@@H](C)[C@H]3F)cnc12. The zero-order valence-electron chi connectivity index (χ0n) is 28.2. The average Bonchev–Trinajstić information content (AvgIpc) is 3.82. The number of imidazole rings is 2. The molecule has 6 rings (SSSR count). The van der Waals surface area contributed by atoms with Gasteiger partial charge in [-0.3, -0.25) is 0 Å². The normalized spacial score (nSPS) is 27.4. The van der Waals surface area contributed by atoms with E-state index >= 15 is 0 Å². The van der Waals surface area contributed by atoms with Crippen LogP contribution in [0.4, 0.5) is 8.78 Å². The Morgan fingerprint density at radius 1 is 0.812 bits per heavy atom. The van der Waals surface area contributed by atoms with Crippen molar-refractivity contribution in [2.75, 3.05) is 25.7 Å². The first-order valence-electron chi connectivity index (χ1n) is 16.0. The number of halogens is 2. The molecule has 14 nitrogen and oxygen atoms in total. The van der Waals surface area contributed by atoms with Crippen LogP contribution < -0.4 is 9.47 Å². The van der Waals surface area contributed by atoms with Gasteiger partial charge >= 0.3 is 0 Å². The molecule has 0 saturated carbocycles. The Morgan fingerprint density at radius 3 is 1.67 bits per heavy atom. The zero-order valence-corrected chi connectivity index (χ0v) is 29.8. The Balaban J connectivity index is 0.000000188. The van der Waals surface area contributed by atoms with E-state index in [0.29, 0.717) is 41.1 Å². The molecule has 0 aromatic carbocycles. The third kappa shape index (κ3) is 6.80. The average molecular weight is 713 g/mol. The van der Waals surface area contributed by atoms with E-state index in [1.165, 1.54) is 22.5 Å². The van der Waals surface area contributed by atoms with Crippen molar-refractivity contribution in [1.82, 2.24) is 39.2 Å². The summed E-state index contributed by atoms with van der Waals surface area (Å²) in [5.74, 6) is 0.0242. The number of alkyl halides is 2. The van der Waals surface area contributed by atoms with Crippen LogP contribution in [0.15, 0.2) is 22.7 Å². The predicted molar refractivity (Wildman–Crippen MR) is 173 cm³/mol. The lowest BCUT2D eigenvalue weighted by Crippen LogP contribution is -2.18. The zero-order chi connectivity index (χ0) is 34.9. The van der Waals surface area contributed by atoms with Crippen LogP contribution in [0.2, 0.25) is 0 Å². The summed E-state index contributed by atoms with van der Waals surface area (Å²) < 4.78 is 78.7. The number of sulfone groups is 1. The van der Waals surface area contributed by atoms with Crippen molar-refractivity contribution in [2.24, 2.45) is 11.8 Å². The molecule has 0 radical (unpaired) electrons. The maximum atomic E-state index is 14.7. The second-order valence-corrected chi connectivity index (χ2v) is 14.4. The van der Waals surface area contributed by atoms with Gasteiger partial charge in [-0.15, -0.1) is 10.2 Å². The van der Waals surface area contributed by atoms with Crippen molar-refractivity contribution in [3.05, 3.63) is 23.8 Å². The topological polar surface area (TPSA) is 157 Å². The molecule has 6 heterocycles. The summed E-state index contributed by atoms with van der Waals surface area (Å²) in [5.41, 5.74) is 1.67. The van der Waals surface area contributed by atoms with E-state index in [9.17, 15) is 17.2 Å². The van der Waals surface area contributed by atoms with E-state index in [4.69, 9.17) is 18.9 Å². The molecular weight excluding hydrogens is 671 g/mol. The van der Waals surface area contributed by atoms with Gasteiger partial charge in [0.1, 0.15) is 24.6 Å². The molecule has 8 atom stereocenters. The van der Waals surface area contributed by atoms with Crippen molar-refractivity contribution in [3.8, 4) is 11.8 Å². The highest BCUT2D eigenvalue weighted by Crippen LogP contribution is 2.42. The van der Waals surface area contributed by atoms with Gasteiger partial charge in [-0.2, -0.15) is 9.97 Å². The van der Waals surface area contributed by atoms with Gasteiger partial charge in [0.05, 0.1) is 49.2 Å². The fourth-order valence-corrected chi connectivity index (χ4v) is 6.76. The molecule has 0 spiro atoms. The van der Waals surface area contributed by atoms with Crippen LogP contribution in [-0.4, -0.2) is 97.9 Å². The standard InChI is InChI=1S/C15H21FN4O4S.C15H21FN4O2S/c1-5-10-8(3)11(16)12(24-10)9-7-17-13-14(23-6-2)18-15(19-20(9)13)25(4,21)22;1-5-10-8(3)11(16)12(22-10)9-7-17-13-14(21-6-2)18-15(23-4)19-20(9)13/h7-8,10-12H,5-6H2,1-4H3;7-8,10-12H,5-6H2,1-4H3/t2*8-,10-,11-,12+/m11/s1. The maximum absolute atomic E-state index is 14.7. The highest BCUT2D eigenvalue weighted by Gasteiger charge is 2.45. The van der Waals surface area contributed by atoms with Gasteiger partial charge in [-0.05, 0) is 32.9 Å². The van der Waals surface area contributed by atoms with Crippen molar-refractivity contribution in [3.63, 3.8) is 0 Å². The van der Waals surface area contributed by atoms with Gasteiger partial charge in [0.15, 0.2) is 0 Å². The molecule has 4 aromatic rings. The van der Waals surface area contributed by atoms with Gasteiger partial charge in [-0.1, -0.05) is 39.5 Å². The number of thioether (sulfide) groups is 1. The smallest absolute Gasteiger partial charge is 0.268 e. The van der Waals surface area contributed by atoms with E-state index in [2.05, 4.69) is 30.1 Å². The van der Waals surface area contributed by atoms with E-state index in [1.54, 1.807) is 24.6 Å². The molecular formula is C30H42F2N8O6S2. The number of ether oxygens (including phenoxy) is 4. The number of nitrogens with zero attached hydrogens (tertiary/aromatic N) is 8. The van der Waals surface area contributed by atoms with Crippen LogP contribution in [0.5, 0.6) is 11.8 Å². The third-order valence-electron chi connectivity index (χ3n) is 8.54. The van der Waals surface area contributed by atoms with Crippen molar-refractivity contribution in [1.29, 1.82) is 0 Å². The largest absolute Gasteiger partial charge is 0.475 e. The van der Waals surface area contributed by atoms with Crippen LogP contribution in [-0.2, 0) is 19.3 Å². The van der Waals surface area contributed by atoms with Crippen molar-refractivity contribution >= 4 is 32.9 Å². The number of aromatic nitrogens is 8. The maximum Gasteiger partial charge on any atom is 0.268 e. The molecule has 2 fully saturated rings. The van der Waals surface area contributed by atoms with E-state index < -0.39 is 39.5 Å². The van der Waals surface area contributed by atoms with E-state index in [1.807, 2.05) is 34.0 Å². The monoisotopic (exact) mass is 712 g/mol. The summed E-state index contributed by atoms with van der Waals surface area (Å²) in [6.07, 6.45) is 3.23. The second-order valence-electron chi connectivity index (χ2n) is 11.7. The lowest BCUT2D eigenvalue weighted by molar-refractivity contribution is 0.0195. The molecule has 0 bridgehead atoms. The summed E-state index contributed by atoms with van der Waals surface area (Å²) in [4.78, 5) is 16.8. The van der Waals surface area contributed by atoms with Gasteiger partial charge in [-0.25, -0.2) is 36.2 Å². The molecule has 4 aromatic heterocycles. The van der Waals surface area contributed by atoms with Gasteiger partial charge < -0.3 is 18.9 Å². The lowest BCUT2D eigenvalue weighted by Gasteiger charge is -2.13. The Bertz CT molecular complexity index is 1840. The fraction of sp³-hybridized carbons (Fsp3) is 0.667. The highest BCUT2D eigenvalue weighted by molar-refractivity contribution is 7.98. The number of hydrogen-bond donors (Lipinski definition) is 0. The highest BCUT2D eigenvalue weighted by atomic mass is 32.2. The van der Waals surface area contributed by atoms with Crippen LogP contribution in [0.25, 0.3) is 11.3 Å². The minimum atomic E-state index is -3.68. The number of fused-ring (bicyclic) bond motifs is 2. The van der Waals surface area contributed by atoms with Gasteiger partial charge in [0, 0.05) is 18.1 Å². The first kappa shape index (κ1) is 36.1. The molecule has 0 unspecified atom stereocenters. The second kappa shape index (κ2) is 14.7. The Hall–Kier alpha value is -3.22. The van der Waals surface area contributed by atoms with Crippen LogP contribution >= 0.6 is 11.8 Å². The summed E-state index contributed by atoms with van der Waals surface area (Å²) >= 11 is 1.40. The first-order chi connectivity index (χ1) is 22.9. The Kier molecular flexibility index (Phi) is 11.1. The molecule has 264 valence electrons. The molecule has 0 N–H and O–H groups in total. The molecule has 0 aliphatic carbocycles. The van der Waals surface area contributed by atoms with Gasteiger partial charge in [0.2, 0.25) is 26.3 Å². The van der Waals surface area contributed by atoms with E-state index in [0.717, 1.165) is 12.7 Å². The van der Waals surface area contributed by atoms with Crippen LogP contribution in [0.3, 0.4) is 0 Å². The van der Waals surface area contributed by atoms with Crippen molar-refractivity contribution < 1.29 is 36.1 Å². The molecule has 2 saturated heterocycles. The fourth-order valence-electron chi connectivity index (χ4n) is 5.95. The number of hydrogen-bond acceptors (Lipinski definition) is 13. The molecule has 18 heteroatoms. The van der Waals surface area contributed by atoms with Crippen molar-refractivity contribution in [2.45, 2.75) is 101 Å². The minimum absolute atomic E-state index is 0.0395. The molecule has 2 aliphatic heterocycles. The lowest BCUT2D eigenvalue weighted by atomic mass is 9.97. The first-order valence-corrected chi connectivity index (χ1v) is 19.1. The molecule has 48 heavy (non-hydrogen) atoms. The molecule has 2 aliphatic rings. The van der Waals surface area contributed by atoms with Crippen LogP contribution in [0.1, 0.15) is 78.0 Å². The Morgan fingerprint density at radius 2 is 1.27 bits per heavy atom. The minimum Gasteiger partial charge on any atom is -0.475 e.